The molecule has 0 aromatic rings. The molecule has 0 N–H and O–H groups in total. The molecule has 6 nitrogen and oxygen atoms in total. The van der Waals surface area contributed by atoms with Crippen molar-refractivity contribution in [3.05, 3.63) is 60.8 Å². The van der Waals surface area contributed by atoms with E-state index >= 15 is 0 Å². The lowest BCUT2D eigenvalue weighted by Gasteiger charge is -2.18. The van der Waals surface area contributed by atoms with Crippen LogP contribution in [0.4, 0.5) is 0 Å². The zero-order chi connectivity index (χ0) is 45.1. The normalized spacial score (nSPS) is 12.5. The van der Waals surface area contributed by atoms with Crippen LogP contribution >= 0.6 is 0 Å². The Bertz CT molecular complexity index is 1130. The van der Waals surface area contributed by atoms with E-state index in [1.165, 1.54) is 141 Å². The van der Waals surface area contributed by atoms with Crippen molar-refractivity contribution < 1.29 is 28.6 Å². The average Bonchev–Trinajstić information content (AvgIpc) is 3.27. The van der Waals surface area contributed by atoms with Crippen LogP contribution < -0.4 is 0 Å². The lowest BCUT2D eigenvalue weighted by atomic mass is 10.0. The third-order valence-corrected chi connectivity index (χ3v) is 11.3. The number of rotatable bonds is 47. The molecule has 62 heavy (non-hydrogen) atoms. The first kappa shape index (κ1) is 59.1. The van der Waals surface area contributed by atoms with Gasteiger partial charge in [-0.2, -0.15) is 0 Å². The van der Waals surface area contributed by atoms with Crippen molar-refractivity contribution in [1.82, 2.24) is 0 Å². The van der Waals surface area contributed by atoms with Gasteiger partial charge < -0.3 is 14.2 Å². The number of esters is 3. The Labute approximate surface area is 383 Å². The van der Waals surface area contributed by atoms with E-state index in [1.807, 2.05) is 6.08 Å². The molecule has 0 amide bonds. The van der Waals surface area contributed by atoms with Crippen molar-refractivity contribution in [3.63, 3.8) is 0 Å². The van der Waals surface area contributed by atoms with Gasteiger partial charge in [0.15, 0.2) is 6.10 Å². The maximum absolute atomic E-state index is 12.8. The fourth-order valence-electron chi connectivity index (χ4n) is 7.37. The Balaban J connectivity index is 4.45. The summed E-state index contributed by atoms with van der Waals surface area (Å²) in [5.41, 5.74) is 0. The Morgan fingerprint density at radius 3 is 0.984 bits per heavy atom. The molecular formula is C56H98O6. The van der Waals surface area contributed by atoms with Crippen LogP contribution in [-0.2, 0) is 28.6 Å². The van der Waals surface area contributed by atoms with Gasteiger partial charge in [-0.3, -0.25) is 14.4 Å². The van der Waals surface area contributed by atoms with Crippen LogP contribution in [0, 0.1) is 0 Å². The number of carbonyl (C=O) groups excluding carboxylic acids is 3. The number of carbonyl (C=O) groups is 3. The van der Waals surface area contributed by atoms with Crippen molar-refractivity contribution in [3.8, 4) is 0 Å². The summed E-state index contributed by atoms with van der Waals surface area (Å²) in [6, 6.07) is 0. The molecule has 0 saturated heterocycles. The lowest BCUT2D eigenvalue weighted by molar-refractivity contribution is -0.166. The number of hydrogen-bond donors (Lipinski definition) is 0. The average molecular weight is 867 g/mol. The Hall–Kier alpha value is -2.89. The van der Waals surface area contributed by atoms with Gasteiger partial charge in [0.05, 0.1) is 0 Å². The van der Waals surface area contributed by atoms with Crippen LogP contribution in [0.25, 0.3) is 0 Å². The fourth-order valence-corrected chi connectivity index (χ4v) is 7.37. The third kappa shape index (κ3) is 48.1. The van der Waals surface area contributed by atoms with E-state index in [0.717, 1.165) is 70.6 Å². The minimum Gasteiger partial charge on any atom is -0.462 e. The predicted octanol–water partition coefficient (Wildman–Crippen LogP) is 17.3. The highest BCUT2D eigenvalue weighted by molar-refractivity contribution is 5.71. The van der Waals surface area contributed by atoms with Crippen LogP contribution in [0.15, 0.2) is 60.8 Å². The summed E-state index contributed by atoms with van der Waals surface area (Å²) in [6.07, 6.45) is 62.2. The maximum Gasteiger partial charge on any atom is 0.306 e. The second-order valence-corrected chi connectivity index (χ2v) is 17.4. The SMILES string of the molecule is CC/C=C\C/C=C\C/C=C\C/C=C\C/C=C\CCC(=O)OCC(COC(=O)CCCCCCCCCCCCCC)OC(=O)CCCCCCCCCCCCCCCCCC. The highest BCUT2D eigenvalue weighted by Gasteiger charge is 2.19. The molecule has 0 bridgehead atoms. The first-order valence-corrected chi connectivity index (χ1v) is 26.3. The topological polar surface area (TPSA) is 78.9 Å². The summed E-state index contributed by atoms with van der Waals surface area (Å²) in [5.74, 6) is -0.972. The zero-order valence-corrected chi connectivity index (χ0v) is 40.9. The molecule has 0 rings (SSSR count). The molecular weight excluding hydrogens is 769 g/mol. The highest BCUT2D eigenvalue weighted by Crippen LogP contribution is 2.16. The highest BCUT2D eigenvalue weighted by atomic mass is 16.6. The number of hydrogen-bond acceptors (Lipinski definition) is 6. The van der Waals surface area contributed by atoms with Gasteiger partial charge in [0, 0.05) is 19.3 Å². The molecule has 0 radical (unpaired) electrons. The second kappa shape index (κ2) is 50.8. The van der Waals surface area contributed by atoms with Crippen molar-refractivity contribution >= 4 is 17.9 Å². The molecule has 1 atom stereocenters. The Morgan fingerprint density at radius 1 is 0.339 bits per heavy atom. The van der Waals surface area contributed by atoms with E-state index < -0.39 is 6.10 Å². The fraction of sp³-hybridized carbons (Fsp3) is 0.768. The summed E-state index contributed by atoms with van der Waals surface area (Å²) in [5, 5.41) is 0. The molecule has 0 heterocycles. The number of allylic oxidation sites excluding steroid dienone is 10. The number of unbranched alkanes of at least 4 members (excludes halogenated alkanes) is 26. The predicted molar refractivity (Wildman–Crippen MR) is 265 cm³/mol. The van der Waals surface area contributed by atoms with Crippen LogP contribution in [-0.4, -0.2) is 37.2 Å². The van der Waals surface area contributed by atoms with E-state index in [-0.39, 0.29) is 37.5 Å². The monoisotopic (exact) mass is 867 g/mol. The summed E-state index contributed by atoms with van der Waals surface area (Å²) in [6.45, 7) is 6.47. The van der Waals surface area contributed by atoms with Crippen LogP contribution in [0.1, 0.15) is 258 Å². The van der Waals surface area contributed by atoms with E-state index in [2.05, 4.69) is 75.5 Å². The summed E-state index contributed by atoms with van der Waals surface area (Å²) in [7, 11) is 0. The molecule has 0 saturated carbocycles. The molecule has 6 heteroatoms. The quantitative estimate of drug-likeness (QED) is 0.0262. The van der Waals surface area contributed by atoms with Gasteiger partial charge in [-0.1, -0.05) is 248 Å². The van der Waals surface area contributed by atoms with E-state index in [0.29, 0.717) is 19.3 Å². The van der Waals surface area contributed by atoms with Crippen LogP contribution in [0.2, 0.25) is 0 Å². The van der Waals surface area contributed by atoms with Gasteiger partial charge in [0.2, 0.25) is 0 Å². The molecule has 0 aliphatic heterocycles. The molecule has 0 aromatic heterocycles. The van der Waals surface area contributed by atoms with Gasteiger partial charge in [-0.25, -0.2) is 0 Å². The molecule has 0 aliphatic rings. The van der Waals surface area contributed by atoms with E-state index in [9.17, 15) is 14.4 Å². The Kier molecular flexibility index (Phi) is 48.4. The summed E-state index contributed by atoms with van der Waals surface area (Å²) < 4.78 is 16.7. The van der Waals surface area contributed by atoms with Gasteiger partial charge in [-0.05, 0) is 51.4 Å². The zero-order valence-electron chi connectivity index (χ0n) is 40.9. The largest absolute Gasteiger partial charge is 0.462 e. The van der Waals surface area contributed by atoms with Crippen molar-refractivity contribution in [2.75, 3.05) is 13.2 Å². The maximum atomic E-state index is 12.8. The van der Waals surface area contributed by atoms with Gasteiger partial charge >= 0.3 is 17.9 Å². The van der Waals surface area contributed by atoms with Crippen LogP contribution in [0.5, 0.6) is 0 Å². The smallest absolute Gasteiger partial charge is 0.306 e. The molecule has 0 aliphatic carbocycles. The minimum absolute atomic E-state index is 0.0934. The third-order valence-electron chi connectivity index (χ3n) is 11.3. The van der Waals surface area contributed by atoms with E-state index in [1.54, 1.807) is 0 Å². The van der Waals surface area contributed by atoms with Gasteiger partial charge in [0.25, 0.3) is 0 Å². The van der Waals surface area contributed by atoms with Crippen molar-refractivity contribution in [1.29, 1.82) is 0 Å². The van der Waals surface area contributed by atoms with E-state index in [4.69, 9.17) is 14.2 Å². The van der Waals surface area contributed by atoms with Crippen molar-refractivity contribution in [2.24, 2.45) is 0 Å². The molecule has 0 aromatic carbocycles. The first-order chi connectivity index (χ1) is 30.5. The van der Waals surface area contributed by atoms with Crippen molar-refractivity contribution in [2.45, 2.75) is 264 Å². The summed E-state index contributed by atoms with van der Waals surface area (Å²) in [4.78, 5) is 37.9. The van der Waals surface area contributed by atoms with Gasteiger partial charge in [-0.15, -0.1) is 0 Å². The Morgan fingerprint density at radius 2 is 0.629 bits per heavy atom. The minimum atomic E-state index is -0.799. The van der Waals surface area contributed by atoms with Crippen LogP contribution in [0.3, 0.4) is 0 Å². The molecule has 358 valence electrons. The summed E-state index contributed by atoms with van der Waals surface area (Å²) >= 11 is 0. The standard InChI is InChI=1S/C56H98O6/c1-4-7-10-13-16-19-22-25-27-29-31-34-37-40-43-46-49-55(58)61-52-53(51-60-54(57)48-45-42-39-36-33-24-21-18-15-12-9-6-3)62-56(59)50-47-44-41-38-35-32-30-28-26-23-20-17-14-11-8-5-2/h7,10,16,19,25,27,31,34,40,43,53H,4-6,8-9,11-15,17-18,20-24,26,28-30,32-33,35-39,41-42,44-52H2,1-3H3/b10-7-,19-16-,27-25-,34-31-,43-40-. The molecule has 0 spiro atoms. The lowest BCUT2D eigenvalue weighted by Crippen LogP contribution is -2.30. The molecule has 0 fully saturated rings. The van der Waals surface area contributed by atoms with Gasteiger partial charge in [0.1, 0.15) is 13.2 Å². The number of ether oxygens (including phenoxy) is 3. The molecule has 1 unspecified atom stereocenters. The first-order valence-electron chi connectivity index (χ1n) is 26.3. The second-order valence-electron chi connectivity index (χ2n) is 17.4.